The fraction of sp³-hybridized carbons (Fsp3) is 0.500. The van der Waals surface area contributed by atoms with Gasteiger partial charge >= 0.3 is 0 Å². The summed E-state index contributed by atoms with van der Waals surface area (Å²) in [6.07, 6.45) is 0. The van der Waals surface area contributed by atoms with Crippen LogP contribution in [0.25, 0.3) is 0 Å². The van der Waals surface area contributed by atoms with E-state index in [0.29, 0.717) is 17.5 Å². The lowest BCUT2D eigenvalue weighted by Gasteiger charge is -2.11. The van der Waals surface area contributed by atoms with Crippen LogP contribution in [0.2, 0.25) is 5.02 Å². The smallest absolute Gasteiger partial charge is 0.137 e. The summed E-state index contributed by atoms with van der Waals surface area (Å²) in [5, 5.41) is 3.77. The highest BCUT2D eigenvalue weighted by Gasteiger charge is 2.03. The molecule has 0 aliphatic rings. The molecule has 0 atom stereocenters. The number of hydrogen-bond donors (Lipinski definition) is 1. The van der Waals surface area contributed by atoms with Crippen molar-refractivity contribution in [2.24, 2.45) is 5.92 Å². The third-order valence-corrected chi connectivity index (χ3v) is 2.24. The Morgan fingerprint density at radius 2 is 2.13 bits per heavy atom. The van der Waals surface area contributed by atoms with Gasteiger partial charge in [-0.3, -0.25) is 0 Å². The number of rotatable bonds is 5. The van der Waals surface area contributed by atoms with Gasteiger partial charge in [0.05, 0.1) is 11.6 Å². The molecule has 0 aromatic heterocycles. The summed E-state index contributed by atoms with van der Waals surface area (Å²) >= 11 is 6.10. The second kappa shape index (κ2) is 5.99. The number of benzene rings is 1. The van der Waals surface area contributed by atoms with Crippen molar-refractivity contribution in [3.63, 3.8) is 0 Å². The van der Waals surface area contributed by atoms with Gasteiger partial charge in [-0.15, -0.1) is 0 Å². The molecule has 1 rings (SSSR count). The van der Waals surface area contributed by atoms with Crippen LogP contribution in [0.15, 0.2) is 18.2 Å². The monoisotopic (exact) mass is 227 g/mol. The number of hydrogen-bond acceptors (Lipinski definition) is 2. The minimum absolute atomic E-state index is 0.512. The van der Waals surface area contributed by atoms with Crippen molar-refractivity contribution in [3.8, 4) is 5.75 Å². The van der Waals surface area contributed by atoms with Crippen molar-refractivity contribution in [1.82, 2.24) is 5.32 Å². The molecule has 1 aromatic rings. The van der Waals surface area contributed by atoms with E-state index < -0.39 is 0 Å². The number of ether oxygens (including phenoxy) is 1. The predicted molar refractivity (Wildman–Crippen MR) is 64.5 cm³/mol. The Morgan fingerprint density at radius 3 is 2.67 bits per heavy atom. The van der Waals surface area contributed by atoms with E-state index in [1.54, 1.807) is 0 Å². The largest absolute Gasteiger partial charge is 0.492 e. The van der Waals surface area contributed by atoms with Gasteiger partial charge in [0, 0.05) is 6.54 Å². The van der Waals surface area contributed by atoms with Crippen LogP contribution in [0.1, 0.15) is 19.4 Å². The van der Waals surface area contributed by atoms with E-state index in [9.17, 15) is 0 Å². The normalized spacial score (nSPS) is 10.7. The van der Waals surface area contributed by atoms with Crippen LogP contribution in [0.5, 0.6) is 5.75 Å². The van der Waals surface area contributed by atoms with Crippen molar-refractivity contribution in [1.29, 1.82) is 0 Å². The highest BCUT2D eigenvalue weighted by Crippen LogP contribution is 2.25. The summed E-state index contributed by atoms with van der Waals surface area (Å²) in [6, 6.07) is 5.89. The van der Waals surface area contributed by atoms with Crippen molar-refractivity contribution in [2.45, 2.75) is 20.4 Å². The zero-order valence-corrected chi connectivity index (χ0v) is 10.3. The zero-order chi connectivity index (χ0) is 11.3. The Bertz CT molecular complexity index is 312. The van der Waals surface area contributed by atoms with Gasteiger partial charge in [-0.2, -0.15) is 0 Å². The first-order chi connectivity index (χ1) is 7.13. The van der Waals surface area contributed by atoms with E-state index in [-0.39, 0.29) is 0 Å². The maximum atomic E-state index is 6.10. The Kier molecular flexibility index (Phi) is 4.92. The fourth-order valence-electron chi connectivity index (χ4n) is 1.23. The van der Waals surface area contributed by atoms with Crippen LogP contribution < -0.4 is 10.1 Å². The maximum Gasteiger partial charge on any atom is 0.137 e. The molecule has 1 N–H and O–H groups in total. The molecule has 0 spiro atoms. The first-order valence-corrected chi connectivity index (χ1v) is 5.57. The molecule has 0 saturated carbocycles. The van der Waals surface area contributed by atoms with Crippen LogP contribution in [0, 0.1) is 5.92 Å². The molecule has 0 bridgehead atoms. The molecule has 0 aliphatic heterocycles. The van der Waals surface area contributed by atoms with Gasteiger partial charge in [-0.1, -0.05) is 31.5 Å². The minimum atomic E-state index is 0.512. The molecule has 0 unspecified atom stereocenters. The van der Waals surface area contributed by atoms with Crippen molar-refractivity contribution in [2.75, 3.05) is 13.7 Å². The van der Waals surface area contributed by atoms with Gasteiger partial charge < -0.3 is 10.1 Å². The summed E-state index contributed by atoms with van der Waals surface area (Å²) in [5.74, 6) is 1.28. The average molecular weight is 228 g/mol. The van der Waals surface area contributed by atoms with Crippen LogP contribution in [-0.2, 0) is 6.54 Å². The third-order valence-electron chi connectivity index (χ3n) is 1.95. The van der Waals surface area contributed by atoms with Gasteiger partial charge in [0.25, 0.3) is 0 Å². The Morgan fingerprint density at radius 1 is 1.40 bits per heavy atom. The second-order valence-electron chi connectivity index (χ2n) is 4.00. The highest BCUT2D eigenvalue weighted by atomic mass is 35.5. The summed E-state index contributed by atoms with van der Waals surface area (Å²) < 4.78 is 5.58. The van der Waals surface area contributed by atoms with Crippen LogP contribution in [-0.4, -0.2) is 13.7 Å². The average Bonchev–Trinajstić information content (AvgIpc) is 2.17. The summed E-state index contributed by atoms with van der Waals surface area (Å²) in [4.78, 5) is 0. The van der Waals surface area contributed by atoms with Gasteiger partial charge in [-0.25, -0.2) is 0 Å². The standard InChI is InChI=1S/C12H18ClNO/c1-9(2)8-15-12-5-4-10(7-14-3)6-11(12)13/h4-6,9,14H,7-8H2,1-3H3. The van der Waals surface area contributed by atoms with E-state index in [1.807, 2.05) is 25.2 Å². The van der Waals surface area contributed by atoms with E-state index >= 15 is 0 Å². The molecule has 84 valence electrons. The molecule has 0 saturated heterocycles. The molecule has 0 aliphatic carbocycles. The Hall–Kier alpha value is -0.730. The van der Waals surface area contributed by atoms with Crippen molar-refractivity contribution >= 4 is 11.6 Å². The van der Waals surface area contributed by atoms with Gasteiger partial charge in [0.2, 0.25) is 0 Å². The first kappa shape index (κ1) is 12.3. The Labute approximate surface area is 96.6 Å². The lowest BCUT2D eigenvalue weighted by atomic mass is 10.2. The molecule has 15 heavy (non-hydrogen) atoms. The maximum absolute atomic E-state index is 6.10. The molecule has 0 radical (unpaired) electrons. The molecule has 1 aromatic carbocycles. The van der Waals surface area contributed by atoms with Gasteiger partial charge in [-0.05, 0) is 30.7 Å². The number of halogens is 1. The Balaban J connectivity index is 2.66. The lowest BCUT2D eigenvalue weighted by Crippen LogP contribution is -2.06. The quantitative estimate of drug-likeness (QED) is 0.835. The van der Waals surface area contributed by atoms with Gasteiger partial charge in [0.15, 0.2) is 0 Å². The molecule has 2 nitrogen and oxygen atoms in total. The molecule has 0 fully saturated rings. The summed E-state index contributed by atoms with van der Waals surface area (Å²) in [6.45, 7) is 5.75. The molecule has 3 heteroatoms. The first-order valence-electron chi connectivity index (χ1n) is 5.19. The SMILES string of the molecule is CNCc1ccc(OCC(C)C)c(Cl)c1. The van der Waals surface area contributed by atoms with Crippen molar-refractivity contribution < 1.29 is 4.74 Å². The van der Waals surface area contributed by atoms with E-state index in [2.05, 4.69) is 19.2 Å². The molecular formula is C12H18ClNO. The highest BCUT2D eigenvalue weighted by molar-refractivity contribution is 6.32. The third kappa shape index (κ3) is 4.10. The molecule has 0 amide bonds. The fourth-order valence-corrected chi connectivity index (χ4v) is 1.49. The van der Waals surface area contributed by atoms with Gasteiger partial charge in [0.1, 0.15) is 5.75 Å². The molecular weight excluding hydrogens is 210 g/mol. The van der Waals surface area contributed by atoms with E-state index in [0.717, 1.165) is 12.3 Å². The van der Waals surface area contributed by atoms with E-state index in [4.69, 9.17) is 16.3 Å². The minimum Gasteiger partial charge on any atom is -0.492 e. The summed E-state index contributed by atoms with van der Waals surface area (Å²) in [7, 11) is 1.91. The molecule has 0 heterocycles. The summed E-state index contributed by atoms with van der Waals surface area (Å²) in [5.41, 5.74) is 1.17. The van der Waals surface area contributed by atoms with Crippen LogP contribution >= 0.6 is 11.6 Å². The van der Waals surface area contributed by atoms with Crippen LogP contribution in [0.3, 0.4) is 0 Å². The van der Waals surface area contributed by atoms with Crippen molar-refractivity contribution in [3.05, 3.63) is 28.8 Å². The predicted octanol–water partition coefficient (Wildman–Crippen LogP) is 3.09. The number of nitrogens with one attached hydrogen (secondary N) is 1. The second-order valence-corrected chi connectivity index (χ2v) is 4.41. The zero-order valence-electron chi connectivity index (χ0n) is 9.51. The topological polar surface area (TPSA) is 21.3 Å². The van der Waals surface area contributed by atoms with E-state index in [1.165, 1.54) is 5.56 Å². The lowest BCUT2D eigenvalue weighted by molar-refractivity contribution is 0.271. The van der Waals surface area contributed by atoms with Crippen LogP contribution in [0.4, 0.5) is 0 Å².